The van der Waals surface area contributed by atoms with Gasteiger partial charge in [-0.1, -0.05) is 36.1 Å². The molecule has 4 aliphatic rings. The van der Waals surface area contributed by atoms with Gasteiger partial charge in [-0.3, -0.25) is 9.59 Å². The van der Waals surface area contributed by atoms with Gasteiger partial charge in [0.15, 0.2) is 0 Å². The van der Waals surface area contributed by atoms with Crippen LogP contribution >= 0.6 is 0 Å². The standard InChI is InChI=1S/C25H36O2/c26-24-20(13-7-15-22(24)18-9-3-1-4-10-18)17-21-14-8-16-23(25(21)27)19-11-5-2-6-12-19/h9,11,20-23H,1-8,10,12-17H2/t20-,21-,22-,23-/m0/s1. The average Bonchev–Trinajstić information content (AvgIpc) is 2.72. The van der Waals surface area contributed by atoms with Crippen LogP contribution < -0.4 is 0 Å². The largest absolute Gasteiger partial charge is 0.299 e. The van der Waals surface area contributed by atoms with Crippen molar-refractivity contribution >= 4 is 11.6 Å². The maximum absolute atomic E-state index is 13.2. The van der Waals surface area contributed by atoms with E-state index in [0.717, 1.165) is 70.6 Å². The number of hydrogen-bond acceptors (Lipinski definition) is 2. The third-order valence-electron chi connectivity index (χ3n) is 7.70. The van der Waals surface area contributed by atoms with Crippen molar-refractivity contribution in [3.05, 3.63) is 23.3 Å². The van der Waals surface area contributed by atoms with Crippen LogP contribution in [0.5, 0.6) is 0 Å². The third-order valence-corrected chi connectivity index (χ3v) is 7.70. The van der Waals surface area contributed by atoms with Crippen LogP contribution in [0, 0.1) is 23.7 Å². The molecule has 2 nitrogen and oxygen atoms in total. The van der Waals surface area contributed by atoms with E-state index >= 15 is 0 Å². The lowest BCUT2D eigenvalue weighted by Gasteiger charge is -2.35. The number of carbonyl (C=O) groups excluding carboxylic acids is 2. The third kappa shape index (κ3) is 4.30. The summed E-state index contributed by atoms with van der Waals surface area (Å²) in [5.74, 6) is 1.58. The van der Waals surface area contributed by atoms with Crippen LogP contribution in [-0.4, -0.2) is 11.6 Å². The molecule has 0 saturated heterocycles. The lowest BCUT2D eigenvalue weighted by molar-refractivity contribution is -0.132. The van der Waals surface area contributed by atoms with E-state index in [-0.39, 0.29) is 23.7 Å². The highest BCUT2D eigenvalue weighted by molar-refractivity contribution is 5.89. The van der Waals surface area contributed by atoms with Gasteiger partial charge in [-0.2, -0.15) is 0 Å². The summed E-state index contributed by atoms with van der Waals surface area (Å²) >= 11 is 0. The molecule has 0 radical (unpaired) electrons. The van der Waals surface area contributed by atoms with Crippen LogP contribution in [-0.2, 0) is 9.59 Å². The molecule has 0 N–H and O–H groups in total. The molecule has 0 amide bonds. The lowest BCUT2D eigenvalue weighted by atomic mass is 9.67. The van der Waals surface area contributed by atoms with E-state index in [4.69, 9.17) is 0 Å². The molecule has 0 aromatic carbocycles. The normalized spacial score (nSPS) is 35.6. The molecule has 0 spiro atoms. The molecule has 4 aliphatic carbocycles. The zero-order valence-electron chi connectivity index (χ0n) is 16.9. The van der Waals surface area contributed by atoms with E-state index in [0.29, 0.717) is 11.6 Å². The van der Waals surface area contributed by atoms with E-state index in [1.807, 2.05) is 0 Å². The Morgan fingerprint density at radius 3 is 1.52 bits per heavy atom. The number of ketones is 2. The van der Waals surface area contributed by atoms with Gasteiger partial charge in [-0.15, -0.1) is 0 Å². The lowest BCUT2D eigenvalue weighted by Crippen LogP contribution is -2.36. The fourth-order valence-corrected chi connectivity index (χ4v) is 6.18. The summed E-state index contributed by atoms with van der Waals surface area (Å²) in [6, 6.07) is 0. The second-order valence-electron chi connectivity index (χ2n) is 9.45. The maximum atomic E-state index is 13.2. The minimum absolute atomic E-state index is 0.139. The Bertz CT molecular complexity index is 572. The number of rotatable bonds is 4. The van der Waals surface area contributed by atoms with Gasteiger partial charge in [0.05, 0.1) is 0 Å². The topological polar surface area (TPSA) is 34.1 Å². The summed E-state index contributed by atoms with van der Waals surface area (Å²) in [7, 11) is 0. The van der Waals surface area contributed by atoms with Crippen molar-refractivity contribution in [3.8, 4) is 0 Å². The Balaban J connectivity index is 1.41. The van der Waals surface area contributed by atoms with Gasteiger partial charge in [0.2, 0.25) is 0 Å². The van der Waals surface area contributed by atoms with Gasteiger partial charge < -0.3 is 0 Å². The Morgan fingerprint density at radius 2 is 1.11 bits per heavy atom. The first kappa shape index (κ1) is 19.2. The molecule has 0 aromatic rings. The first-order valence-corrected chi connectivity index (χ1v) is 11.7. The minimum atomic E-state index is 0.139. The van der Waals surface area contributed by atoms with Crippen molar-refractivity contribution < 1.29 is 9.59 Å². The Kier molecular flexibility index (Phi) is 6.30. The summed E-state index contributed by atoms with van der Waals surface area (Å²) < 4.78 is 0. The predicted octanol–water partition coefficient (Wildman–Crippen LogP) is 6.35. The fourth-order valence-electron chi connectivity index (χ4n) is 6.18. The molecule has 2 saturated carbocycles. The van der Waals surface area contributed by atoms with Gasteiger partial charge in [0.1, 0.15) is 11.6 Å². The summed E-state index contributed by atoms with van der Waals surface area (Å²) in [4.78, 5) is 26.4. The summed E-state index contributed by atoms with van der Waals surface area (Å²) in [5, 5.41) is 0. The molecule has 0 heterocycles. The predicted molar refractivity (Wildman–Crippen MR) is 109 cm³/mol. The zero-order valence-corrected chi connectivity index (χ0v) is 16.9. The van der Waals surface area contributed by atoms with Gasteiger partial charge >= 0.3 is 0 Å². The van der Waals surface area contributed by atoms with Crippen LogP contribution in [0.15, 0.2) is 23.3 Å². The minimum Gasteiger partial charge on any atom is -0.299 e. The molecular formula is C25H36O2. The van der Waals surface area contributed by atoms with E-state index in [9.17, 15) is 9.59 Å². The van der Waals surface area contributed by atoms with Crippen LogP contribution in [0.25, 0.3) is 0 Å². The van der Waals surface area contributed by atoms with Gasteiger partial charge in [0.25, 0.3) is 0 Å². The molecule has 0 aliphatic heterocycles. The average molecular weight is 369 g/mol. The summed E-state index contributed by atoms with van der Waals surface area (Å²) in [5.41, 5.74) is 2.85. The Morgan fingerprint density at radius 1 is 0.630 bits per heavy atom. The van der Waals surface area contributed by atoms with E-state index < -0.39 is 0 Å². The number of hydrogen-bond donors (Lipinski definition) is 0. The first-order chi connectivity index (χ1) is 13.2. The number of allylic oxidation sites excluding steroid dienone is 4. The fraction of sp³-hybridized carbons (Fsp3) is 0.760. The molecule has 0 unspecified atom stereocenters. The van der Waals surface area contributed by atoms with Gasteiger partial charge in [-0.25, -0.2) is 0 Å². The van der Waals surface area contributed by atoms with Crippen molar-refractivity contribution in [3.63, 3.8) is 0 Å². The van der Waals surface area contributed by atoms with Crippen LogP contribution in [0.3, 0.4) is 0 Å². The van der Waals surface area contributed by atoms with Gasteiger partial charge in [0, 0.05) is 23.7 Å². The summed E-state index contributed by atoms with van der Waals surface area (Å²) in [6.45, 7) is 0. The highest BCUT2D eigenvalue weighted by Gasteiger charge is 2.39. The molecule has 27 heavy (non-hydrogen) atoms. The molecular weight excluding hydrogens is 332 g/mol. The Hall–Kier alpha value is -1.18. The zero-order chi connectivity index (χ0) is 18.6. The van der Waals surface area contributed by atoms with E-state index in [1.54, 1.807) is 0 Å². The number of carbonyl (C=O) groups is 2. The van der Waals surface area contributed by atoms with Crippen LogP contribution in [0.2, 0.25) is 0 Å². The SMILES string of the molecule is O=C1[C@H](C[C@@H]2CCC[C@@H](C3=CCCCC3)C2=O)CCC[C@H]1C1=CCCCC1. The van der Waals surface area contributed by atoms with Crippen molar-refractivity contribution in [1.29, 1.82) is 0 Å². The molecule has 0 bridgehead atoms. The molecule has 2 heteroatoms. The van der Waals surface area contributed by atoms with Crippen molar-refractivity contribution in [2.75, 3.05) is 0 Å². The molecule has 2 fully saturated rings. The maximum Gasteiger partial charge on any atom is 0.143 e. The molecule has 0 aromatic heterocycles. The molecule has 148 valence electrons. The highest BCUT2D eigenvalue weighted by atomic mass is 16.1. The number of Topliss-reactive ketones (excluding diaryl/α,β-unsaturated/α-hetero) is 2. The van der Waals surface area contributed by atoms with Crippen molar-refractivity contribution in [2.24, 2.45) is 23.7 Å². The quantitative estimate of drug-likeness (QED) is 0.542. The van der Waals surface area contributed by atoms with Gasteiger partial charge in [-0.05, 0) is 83.5 Å². The highest BCUT2D eigenvalue weighted by Crippen LogP contribution is 2.41. The monoisotopic (exact) mass is 368 g/mol. The molecule has 4 rings (SSSR count). The molecule has 4 atom stereocenters. The van der Waals surface area contributed by atoms with Crippen molar-refractivity contribution in [2.45, 2.75) is 96.3 Å². The second kappa shape index (κ2) is 8.88. The van der Waals surface area contributed by atoms with E-state index in [1.165, 1.54) is 36.8 Å². The van der Waals surface area contributed by atoms with Crippen LogP contribution in [0.1, 0.15) is 96.3 Å². The smallest absolute Gasteiger partial charge is 0.143 e. The van der Waals surface area contributed by atoms with E-state index in [2.05, 4.69) is 12.2 Å². The van der Waals surface area contributed by atoms with Crippen LogP contribution in [0.4, 0.5) is 0 Å². The second-order valence-corrected chi connectivity index (χ2v) is 9.45. The first-order valence-electron chi connectivity index (χ1n) is 11.7. The Labute approximate surface area is 164 Å². The van der Waals surface area contributed by atoms with Crippen molar-refractivity contribution in [1.82, 2.24) is 0 Å². The summed E-state index contributed by atoms with van der Waals surface area (Å²) in [6.07, 6.45) is 21.6.